The largest absolute Gasteiger partial charge is 0.455 e. The molecule has 0 radical (unpaired) electrons. The number of hydrogen-bond donors (Lipinski definition) is 0. The molecule has 0 amide bonds. The predicted molar refractivity (Wildman–Crippen MR) is 69.5 cm³/mol. The number of ether oxygens (including phenoxy) is 1. The summed E-state index contributed by atoms with van der Waals surface area (Å²) in [6.45, 7) is 4.36. The maximum atomic E-state index is 12.0. The SMILES string of the molecule is CC(=O)O[C@@H](C)C(=O)CS(=O)(=O)c1ccc(C)cc1. The van der Waals surface area contributed by atoms with Crippen LogP contribution >= 0.6 is 0 Å². The average Bonchev–Trinajstić information content (AvgIpc) is 2.27. The number of sulfone groups is 1. The van der Waals surface area contributed by atoms with Gasteiger partial charge in [-0.3, -0.25) is 9.59 Å². The molecule has 0 saturated heterocycles. The van der Waals surface area contributed by atoms with E-state index in [2.05, 4.69) is 4.74 Å². The molecule has 1 rings (SSSR count). The molecule has 1 atom stereocenters. The van der Waals surface area contributed by atoms with Gasteiger partial charge in [-0.1, -0.05) is 17.7 Å². The van der Waals surface area contributed by atoms with Gasteiger partial charge in [0.05, 0.1) is 4.90 Å². The number of ketones is 1. The summed E-state index contributed by atoms with van der Waals surface area (Å²) in [5.74, 6) is -1.94. The van der Waals surface area contributed by atoms with Crippen molar-refractivity contribution >= 4 is 21.6 Å². The first kappa shape index (κ1) is 15.4. The predicted octanol–water partition coefficient (Wildman–Crippen LogP) is 1.29. The van der Waals surface area contributed by atoms with E-state index in [1.807, 2.05) is 6.92 Å². The van der Waals surface area contributed by atoms with Crippen molar-refractivity contribution in [2.24, 2.45) is 0 Å². The molecule has 5 nitrogen and oxygen atoms in total. The minimum Gasteiger partial charge on any atom is -0.455 e. The highest BCUT2D eigenvalue weighted by Gasteiger charge is 2.24. The highest BCUT2D eigenvalue weighted by atomic mass is 32.2. The van der Waals surface area contributed by atoms with Gasteiger partial charge in [-0.05, 0) is 26.0 Å². The molecule has 0 heterocycles. The summed E-state index contributed by atoms with van der Waals surface area (Å²) in [5, 5.41) is 0. The zero-order valence-corrected chi connectivity index (χ0v) is 11.9. The second kappa shape index (κ2) is 5.97. The molecule has 0 aliphatic rings. The molecule has 0 fully saturated rings. The molecule has 0 aromatic heterocycles. The van der Waals surface area contributed by atoms with Gasteiger partial charge in [0.15, 0.2) is 21.7 Å². The monoisotopic (exact) mass is 284 g/mol. The van der Waals surface area contributed by atoms with Gasteiger partial charge >= 0.3 is 5.97 Å². The van der Waals surface area contributed by atoms with Gasteiger partial charge in [-0.2, -0.15) is 0 Å². The molecule has 1 aromatic rings. The third-order valence-corrected chi connectivity index (χ3v) is 4.16. The Balaban J connectivity index is 2.83. The average molecular weight is 284 g/mol. The van der Waals surface area contributed by atoms with Crippen molar-refractivity contribution in [2.45, 2.75) is 31.8 Å². The molecular weight excluding hydrogens is 268 g/mol. The first-order chi connectivity index (χ1) is 8.72. The lowest BCUT2D eigenvalue weighted by Crippen LogP contribution is -2.29. The number of carbonyl (C=O) groups excluding carboxylic acids is 2. The Kier molecular flexibility index (Phi) is 4.83. The number of esters is 1. The van der Waals surface area contributed by atoms with Crippen LogP contribution in [0.5, 0.6) is 0 Å². The standard InChI is InChI=1S/C13H16O5S/c1-9-4-6-12(7-5-9)19(16,17)8-13(15)10(2)18-11(3)14/h4-7,10H,8H2,1-3H3/t10-/m0/s1. The van der Waals surface area contributed by atoms with Crippen LogP contribution in [0.15, 0.2) is 29.2 Å². The zero-order chi connectivity index (χ0) is 14.6. The second-order valence-corrected chi connectivity index (χ2v) is 6.28. The number of Topliss-reactive ketones (excluding diaryl/α,β-unsaturated/α-hetero) is 1. The summed E-state index contributed by atoms with van der Waals surface area (Å²) in [6.07, 6.45) is -1.06. The Morgan fingerprint density at radius 2 is 1.74 bits per heavy atom. The van der Waals surface area contributed by atoms with E-state index >= 15 is 0 Å². The molecule has 0 saturated carbocycles. The molecule has 0 unspecified atom stereocenters. The van der Waals surface area contributed by atoms with Crippen molar-refractivity contribution in [1.29, 1.82) is 0 Å². The van der Waals surface area contributed by atoms with E-state index < -0.39 is 33.4 Å². The second-order valence-electron chi connectivity index (χ2n) is 4.29. The third kappa shape index (κ3) is 4.48. The van der Waals surface area contributed by atoms with E-state index in [-0.39, 0.29) is 4.90 Å². The Bertz CT molecular complexity index is 572. The van der Waals surface area contributed by atoms with Crippen molar-refractivity contribution in [1.82, 2.24) is 0 Å². The Morgan fingerprint density at radius 3 is 2.21 bits per heavy atom. The van der Waals surface area contributed by atoms with Crippen LogP contribution in [-0.2, 0) is 24.2 Å². The van der Waals surface area contributed by atoms with E-state index in [1.165, 1.54) is 19.1 Å². The summed E-state index contributed by atoms with van der Waals surface area (Å²) < 4.78 is 28.6. The molecule has 0 spiro atoms. The summed E-state index contributed by atoms with van der Waals surface area (Å²) in [7, 11) is -3.70. The normalized spacial score (nSPS) is 12.8. The quantitative estimate of drug-likeness (QED) is 0.761. The van der Waals surface area contributed by atoms with Crippen LogP contribution in [0.2, 0.25) is 0 Å². The molecular formula is C13H16O5S. The first-order valence-electron chi connectivity index (χ1n) is 5.72. The topological polar surface area (TPSA) is 77.5 Å². The molecule has 1 aromatic carbocycles. The molecule has 0 N–H and O–H groups in total. The van der Waals surface area contributed by atoms with Gasteiger partial charge in [0, 0.05) is 6.92 Å². The van der Waals surface area contributed by atoms with E-state index in [0.717, 1.165) is 12.5 Å². The van der Waals surface area contributed by atoms with Crippen LogP contribution in [-0.4, -0.2) is 32.0 Å². The van der Waals surface area contributed by atoms with E-state index in [9.17, 15) is 18.0 Å². The van der Waals surface area contributed by atoms with Crippen LogP contribution in [0.25, 0.3) is 0 Å². The molecule has 19 heavy (non-hydrogen) atoms. The fraction of sp³-hybridized carbons (Fsp3) is 0.385. The zero-order valence-electron chi connectivity index (χ0n) is 11.0. The van der Waals surface area contributed by atoms with Gasteiger partial charge in [-0.15, -0.1) is 0 Å². The van der Waals surface area contributed by atoms with Crippen molar-refractivity contribution in [3.8, 4) is 0 Å². The highest BCUT2D eigenvalue weighted by molar-refractivity contribution is 7.92. The molecule has 6 heteroatoms. The van der Waals surface area contributed by atoms with Crippen molar-refractivity contribution in [3.63, 3.8) is 0 Å². The number of carbonyl (C=O) groups is 2. The smallest absolute Gasteiger partial charge is 0.303 e. The van der Waals surface area contributed by atoms with Crippen LogP contribution in [0.1, 0.15) is 19.4 Å². The van der Waals surface area contributed by atoms with Gasteiger partial charge in [0.2, 0.25) is 0 Å². The number of benzene rings is 1. The van der Waals surface area contributed by atoms with E-state index in [1.54, 1.807) is 12.1 Å². The van der Waals surface area contributed by atoms with Gasteiger partial charge in [-0.25, -0.2) is 8.42 Å². The van der Waals surface area contributed by atoms with Gasteiger partial charge in [0.25, 0.3) is 0 Å². The van der Waals surface area contributed by atoms with Crippen LogP contribution in [0.4, 0.5) is 0 Å². The highest BCUT2D eigenvalue weighted by Crippen LogP contribution is 2.13. The lowest BCUT2D eigenvalue weighted by molar-refractivity contribution is -0.151. The minimum absolute atomic E-state index is 0.0847. The van der Waals surface area contributed by atoms with Crippen molar-refractivity contribution in [3.05, 3.63) is 29.8 Å². The molecule has 0 aliphatic carbocycles. The maximum absolute atomic E-state index is 12.0. The Morgan fingerprint density at radius 1 is 1.21 bits per heavy atom. The fourth-order valence-corrected chi connectivity index (χ4v) is 2.77. The van der Waals surface area contributed by atoms with Crippen LogP contribution in [0, 0.1) is 6.92 Å². The summed E-state index contributed by atoms with van der Waals surface area (Å²) in [5.41, 5.74) is 0.929. The molecule has 104 valence electrons. The minimum atomic E-state index is -3.70. The Labute approximate surface area is 112 Å². The number of rotatable bonds is 5. The fourth-order valence-electron chi connectivity index (χ4n) is 1.45. The number of aryl methyl sites for hydroxylation is 1. The Hall–Kier alpha value is -1.69. The lowest BCUT2D eigenvalue weighted by Gasteiger charge is -2.11. The maximum Gasteiger partial charge on any atom is 0.303 e. The number of hydrogen-bond acceptors (Lipinski definition) is 5. The van der Waals surface area contributed by atoms with Crippen molar-refractivity contribution in [2.75, 3.05) is 5.75 Å². The molecule has 0 aliphatic heterocycles. The van der Waals surface area contributed by atoms with E-state index in [0.29, 0.717) is 0 Å². The first-order valence-corrected chi connectivity index (χ1v) is 7.37. The molecule has 0 bridgehead atoms. The van der Waals surface area contributed by atoms with Crippen LogP contribution < -0.4 is 0 Å². The van der Waals surface area contributed by atoms with Crippen LogP contribution in [0.3, 0.4) is 0 Å². The van der Waals surface area contributed by atoms with Gasteiger partial charge in [0.1, 0.15) is 5.75 Å². The third-order valence-electron chi connectivity index (χ3n) is 2.51. The summed E-state index contributed by atoms with van der Waals surface area (Å²) in [6, 6.07) is 6.22. The lowest BCUT2D eigenvalue weighted by atomic mass is 10.2. The summed E-state index contributed by atoms with van der Waals surface area (Å²) >= 11 is 0. The van der Waals surface area contributed by atoms with Crippen molar-refractivity contribution < 1.29 is 22.7 Å². The van der Waals surface area contributed by atoms with E-state index in [4.69, 9.17) is 0 Å². The van der Waals surface area contributed by atoms with Gasteiger partial charge < -0.3 is 4.74 Å². The summed E-state index contributed by atoms with van der Waals surface area (Å²) in [4.78, 5) is 22.5.